The van der Waals surface area contributed by atoms with E-state index in [1.807, 2.05) is 12.1 Å². The number of carbonyl (C=O) groups is 1. The van der Waals surface area contributed by atoms with E-state index in [0.717, 1.165) is 0 Å². The summed E-state index contributed by atoms with van der Waals surface area (Å²) in [5.41, 5.74) is 0.650. The summed E-state index contributed by atoms with van der Waals surface area (Å²) < 4.78 is 5.23. The van der Waals surface area contributed by atoms with Crippen LogP contribution in [-0.2, 0) is 4.79 Å². The smallest absolute Gasteiger partial charge is 0.267 e. The molecular weight excluding hydrogens is 170 g/mol. The van der Waals surface area contributed by atoms with E-state index >= 15 is 0 Å². The van der Waals surface area contributed by atoms with Gasteiger partial charge in [0, 0.05) is 0 Å². The van der Waals surface area contributed by atoms with Crippen LogP contribution >= 0.6 is 0 Å². The van der Waals surface area contributed by atoms with Gasteiger partial charge in [-0.15, -0.1) is 0 Å². The second kappa shape index (κ2) is 3.06. The van der Waals surface area contributed by atoms with E-state index in [9.17, 15) is 4.79 Å². The minimum Gasteiger partial charge on any atom is -0.476 e. The quantitative estimate of drug-likeness (QED) is 0.655. The van der Waals surface area contributed by atoms with Gasteiger partial charge in [-0.25, -0.2) is 0 Å². The monoisotopic (exact) mass is 179 g/mol. The number of aliphatic hydroxyl groups excluding tert-OH is 1. The first kappa shape index (κ1) is 8.07. The predicted octanol–water partition coefficient (Wildman–Crippen LogP) is 0.378. The van der Waals surface area contributed by atoms with Crippen molar-refractivity contribution in [3.63, 3.8) is 0 Å². The number of fused-ring (bicyclic) bond motifs is 1. The summed E-state index contributed by atoms with van der Waals surface area (Å²) in [6.07, 6.45) is -0.783. The maximum atomic E-state index is 11.2. The number of carbonyl (C=O) groups excluding carboxylic acids is 1. The van der Waals surface area contributed by atoms with Crippen LogP contribution < -0.4 is 10.1 Å². The van der Waals surface area contributed by atoms with Crippen molar-refractivity contribution in [1.82, 2.24) is 0 Å². The number of ether oxygens (including phenoxy) is 1. The van der Waals surface area contributed by atoms with Crippen LogP contribution in [0.5, 0.6) is 5.75 Å². The highest BCUT2D eigenvalue weighted by atomic mass is 16.5. The number of anilines is 1. The van der Waals surface area contributed by atoms with Crippen molar-refractivity contribution < 1.29 is 14.6 Å². The fraction of sp³-hybridized carbons (Fsp3) is 0.222. The number of hydrogen-bond donors (Lipinski definition) is 2. The highest BCUT2D eigenvalue weighted by Gasteiger charge is 2.25. The fourth-order valence-electron chi connectivity index (χ4n) is 1.21. The maximum Gasteiger partial charge on any atom is 0.267 e. The van der Waals surface area contributed by atoms with E-state index in [-0.39, 0.29) is 12.5 Å². The van der Waals surface area contributed by atoms with E-state index in [0.29, 0.717) is 11.4 Å². The van der Waals surface area contributed by atoms with E-state index in [2.05, 4.69) is 5.32 Å². The average Bonchev–Trinajstić information content (AvgIpc) is 2.17. The molecule has 0 radical (unpaired) electrons. The van der Waals surface area contributed by atoms with Crippen molar-refractivity contribution in [3.8, 4) is 5.75 Å². The number of hydrogen-bond acceptors (Lipinski definition) is 3. The van der Waals surface area contributed by atoms with Gasteiger partial charge in [0.15, 0.2) is 6.10 Å². The average molecular weight is 179 g/mol. The molecule has 2 rings (SSSR count). The third kappa shape index (κ3) is 1.36. The Morgan fingerprint density at radius 3 is 3.00 bits per heavy atom. The summed E-state index contributed by atoms with van der Waals surface area (Å²) >= 11 is 0. The molecule has 1 atom stereocenters. The number of amides is 1. The fourth-order valence-corrected chi connectivity index (χ4v) is 1.21. The van der Waals surface area contributed by atoms with Crippen molar-refractivity contribution >= 4 is 11.6 Å². The molecule has 0 saturated carbocycles. The Balaban J connectivity index is 2.33. The Kier molecular flexibility index (Phi) is 1.90. The SMILES string of the molecule is O=C1Nc2ccccc2O[C@H]1CO. The molecular formula is C9H9NO3. The van der Waals surface area contributed by atoms with Crippen molar-refractivity contribution in [2.45, 2.75) is 6.10 Å². The predicted molar refractivity (Wildman–Crippen MR) is 46.6 cm³/mol. The van der Waals surface area contributed by atoms with Gasteiger partial charge in [0.1, 0.15) is 5.75 Å². The Hall–Kier alpha value is -1.55. The molecule has 1 aliphatic rings. The van der Waals surface area contributed by atoms with Gasteiger partial charge in [-0.2, -0.15) is 0 Å². The third-order valence-electron chi connectivity index (χ3n) is 1.87. The largest absolute Gasteiger partial charge is 0.476 e. The summed E-state index contributed by atoms with van der Waals surface area (Å²) in [5.74, 6) is 0.294. The first-order valence-electron chi connectivity index (χ1n) is 3.98. The molecule has 0 aromatic heterocycles. The molecule has 0 unspecified atom stereocenters. The molecule has 1 aromatic carbocycles. The lowest BCUT2D eigenvalue weighted by Gasteiger charge is -2.23. The highest BCUT2D eigenvalue weighted by molar-refractivity contribution is 5.97. The Morgan fingerprint density at radius 2 is 2.23 bits per heavy atom. The first-order chi connectivity index (χ1) is 6.31. The molecule has 0 aliphatic carbocycles. The number of rotatable bonds is 1. The molecule has 0 bridgehead atoms. The molecule has 68 valence electrons. The van der Waals surface area contributed by atoms with Gasteiger partial charge in [0.2, 0.25) is 0 Å². The zero-order chi connectivity index (χ0) is 9.26. The van der Waals surface area contributed by atoms with Crippen LogP contribution in [0.25, 0.3) is 0 Å². The molecule has 4 nitrogen and oxygen atoms in total. The van der Waals surface area contributed by atoms with Gasteiger partial charge in [0.05, 0.1) is 12.3 Å². The zero-order valence-corrected chi connectivity index (χ0v) is 6.86. The van der Waals surface area contributed by atoms with Crippen LogP contribution in [0.15, 0.2) is 24.3 Å². The highest BCUT2D eigenvalue weighted by Crippen LogP contribution is 2.28. The maximum absolute atomic E-state index is 11.2. The van der Waals surface area contributed by atoms with E-state index in [4.69, 9.17) is 9.84 Å². The second-order valence-corrected chi connectivity index (χ2v) is 2.77. The van der Waals surface area contributed by atoms with Crippen molar-refractivity contribution in [2.24, 2.45) is 0 Å². The molecule has 0 spiro atoms. The summed E-state index contributed by atoms with van der Waals surface area (Å²) in [6.45, 7) is -0.305. The Morgan fingerprint density at radius 1 is 1.46 bits per heavy atom. The summed E-state index contributed by atoms with van der Waals surface area (Å²) in [4.78, 5) is 11.2. The molecule has 1 aromatic rings. The van der Waals surface area contributed by atoms with Crippen molar-refractivity contribution in [3.05, 3.63) is 24.3 Å². The van der Waals surface area contributed by atoms with Gasteiger partial charge in [-0.1, -0.05) is 12.1 Å². The topological polar surface area (TPSA) is 58.6 Å². The lowest BCUT2D eigenvalue weighted by molar-refractivity contribution is -0.125. The van der Waals surface area contributed by atoms with Gasteiger partial charge >= 0.3 is 0 Å². The van der Waals surface area contributed by atoms with Crippen LogP contribution in [0.4, 0.5) is 5.69 Å². The van der Waals surface area contributed by atoms with Gasteiger partial charge in [0.25, 0.3) is 5.91 Å². The van der Waals surface area contributed by atoms with Gasteiger partial charge in [-0.05, 0) is 12.1 Å². The molecule has 0 fully saturated rings. The van der Waals surface area contributed by atoms with Gasteiger partial charge < -0.3 is 15.2 Å². The molecule has 1 aliphatic heterocycles. The molecule has 1 heterocycles. The standard InChI is InChI=1S/C9H9NO3/c11-5-8-9(12)10-6-3-1-2-4-7(6)13-8/h1-4,8,11H,5H2,(H,10,12)/t8-/m0/s1. The van der Waals surface area contributed by atoms with Crippen LogP contribution in [-0.4, -0.2) is 23.7 Å². The van der Waals surface area contributed by atoms with Crippen LogP contribution in [0.1, 0.15) is 0 Å². The Labute approximate surface area is 75.1 Å². The van der Waals surface area contributed by atoms with E-state index in [1.165, 1.54) is 0 Å². The molecule has 13 heavy (non-hydrogen) atoms. The van der Waals surface area contributed by atoms with Crippen molar-refractivity contribution in [2.75, 3.05) is 11.9 Å². The summed E-state index contributed by atoms with van der Waals surface area (Å²) in [5, 5.41) is 11.4. The molecule has 2 N–H and O–H groups in total. The lowest BCUT2D eigenvalue weighted by Crippen LogP contribution is -2.39. The van der Waals surface area contributed by atoms with Crippen LogP contribution in [0.2, 0.25) is 0 Å². The zero-order valence-electron chi connectivity index (χ0n) is 6.86. The summed E-state index contributed by atoms with van der Waals surface area (Å²) in [6, 6.07) is 7.12. The molecule has 0 saturated heterocycles. The van der Waals surface area contributed by atoms with Crippen LogP contribution in [0, 0.1) is 0 Å². The molecule has 1 amide bonds. The normalized spacial score (nSPS) is 20.1. The number of nitrogens with one attached hydrogen (secondary N) is 1. The van der Waals surface area contributed by atoms with Gasteiger partial charge in [-0.3, -0.25) is 4.79 Å². The second-order valence-electron chi connectivity index (χ2n) is 2.77. The summed E-state index contributed by atoms with van der Waals surface area (Å²) in [7, 11) is 0. The van der Waals surface area contributed by atoms with Crippen molar-refractivity contribution in [1.29, 1.82) is 0 Å². The van der Waals surface area contributed by atoms with Crippen LogP contribution in [0.3, 0.4) is 0 Å². The first-order valence-corrected chi connectivity index (χ1v) is 3.98. The number of benzene rings is 1. The minimum absolute atomic E-state index is 0.304. The Bertz CT molecular complexity index is 337. The van der Waals surface area contributed by atoms with E-state index < -0.39 is 6.10 Å². The van der Waals surface area contributed by atoms with E-state index in [1.54, 1.807) is 12.1 Å². The number of aliphatic hydroxyl groups is 1. The minimum atomic E-state index is -0.783. The third-order valence-corrected chi connectivity index (χ3v) is 1.87. The number of para-hydroxylation sites is 2. The molecule has 4 heteroatoms. The lowest BCUT2D eigenvalue weighted by atomic mass is 10.2.